The molecule has 3 aromatic rings. The van der Waals surface area contributed by atoms with Gasteiger partial charge in [0, 0.05) is 17.3 Å². The lowest BCUT2D eigenvalue weighted by Crippen LogP contribution is -1.95. The number of nitrogens with zero attached hydrogens (tertiary/aromatic N) is 4. The van der Waals surface area contributed by atoms with Gasteiger partial charge in [0.05, 0.1) is 16.8 Å². The van der Waals surface area contributed by atoms with E-state index >= 15 is 0 Å². The maximum Gasteiger partial charge on any atom is 0.305 e. The smallest absolute Gasteiger partial charge is 0.305 e. The lowest BCUT2D eigenvalue weighted by atomic mass is 10.1. The maximum atomic E-state index is 13.3. The summed E-state index contributed by atoms with van der Waals surface area (Å²) in [6.45, 7) is 0. The molecule has 22 heavy (non-hydrogen) atoms. The second-order valence-corrected chi connectivity index (χ2v) is 4.56. The molecule has 0 amide bonds. The highest BCUT2D eigenvalue weighted by atomic mass is 19.1. The maximum absolute atomic E-state index is 13.3. The number of nitrogens with two attached hydrogens (primary N) is 1. The van der Waals surface area contributed by atoms with Gasteiger partial charge in [-0.1, -0.05) is 5.21 Å². The zero-order valence-electron chi connectivity index (χ0n) is 11.2. The number of nitro groups is 1. The molecular formula is C14H10FN5O2. The number of aromatic nitrogens is 3. The van der Waals surface area contributed by atoms with Gasteiger partial charge in [-0.15, -0.1) is 5.10 Å². The Morgan fingerprint density at radius 1 is 1.18 bits per heavy atom. The third-order valence-corrected chi connectivity index (χ3v) is 3.09. The number of nitro benzene ring substituents is 1. The minimum atomic E-state index is -0.889. The molecule has 0 aliphatic carbocycles. The average Bonchev–Trinajstić information content (AvgIpc) is 2.98. The van der Waals surface area contributed by atoms with Crippen LogP contribution in [0.5, 0.6) is 0 Å². The summed E-state index contributed by atoms with van der Waals surface area (Å²) in [6.07, 6.45) is 1.60. The first-order chi connectivity index (χ1) is 10.5. The lowest BCUT2D eigenvalue weighted by Gasteiger charge is -2.00. The molecule has 0 saturated heterocycles. The molecule has 0 saturated carbocycles. The summed E-state index contributed by atoms with van der Waals surface area (Å²) in [7, 11) is 0. The summed E-state index contributed by atoms with van der Waals surface area (Å²) in [5.74, 6) is -0.889. The summed E-state index contributed by atoms with van der Waals surface area (Å²) < 4.78 is 14.9. The van der Waals surface area contributed by atoms with Gasteiger partial charge in [0.25, 0.3) is 0 Å². The van der Waals surface area contributed by atoms with Crippen molar-refractivity contribution in [2.45, 2.75) is 0 Å². The Balaban J connectivity index is 1.99. The Morgan fingerprint density at radius 3 is 2.59 bits per heavy atom. The van der Waals surface area contributed by atoms with Crippen molar-refractivity contribution < 1.29 is 9.31 Å². The van der Waals surface area contributed by atoms with Crippen molar-refractivity contribution in [3.63, 3.8) is 0 Å². The molecule has 0 radical (unpaired) electrons. The standard InChI is InChI=1S/C14H10FN5O2/c15-12-6-1-9(7-14(12)20(21)22)13-8-19(18-17-13)11-4-2-10(16)3-5-11/h1-8H,16H2. The van der Waals surface area contributed by atoms with Gasteiger partial charge in [0.15, 0.2) is 0 Å². The fraction of sp³-hybridized carbons (Fsp3) is 0. The minimum Gasteiger partial charge on any atom is -0.399 e. The number of anilines is 1. The first-order valence-electron chi connectivity index (χ1n) is 6.27. The molecule has 8 heteroatoms. The molecule has 110 valence electrons. The van der Waals surface area contributed by atoms with Crippen LogP contribution < -0.4 is 5.73 Å². The van der Waals surface area contributed by atoms with Crippen LogP contribution in [0.25, 0.3) is 16.9 Å². The van der Waals surface area contributed by atoms with Gasteiger partial charge in [-0.05, 0) is 36.4 Å². The van der Waals surface area contributed by atoms with Crippen LogP contribution in [0.1, 0.15) is 0 Å². The summed E-state index contributed by atoms with van der Waals surface area (Å²) in [5.41, 5.74) is 7.20. The van der Waals surface area contributed by atoms with Crippen LogP contribution in [0.3, 0.4) is 0 Å². The van der Waals surface area contributed by atoms with Gasteiger partial charge < -0.3 is 5.73 Å². The molecule has 0 unspecified atom stereocenters. The SMILES string of the molecule is Nc1ccc(-n2cc(-c3ccc(F)c([N+](=O)[O-])c3)nn2)cc1. The molecular weight excluding hydrogens is 289 g/mol. The molecule has 3 rings (SSSR count). The molecule has 7 nitrogen and oxygen atoms in total. The highest BCUT2D eigenvalue weighted by Gasteiger charge is 2.16. The normalized spacial score (nSPS) is 10.6. The molecule has 0 atom stereocenters. The van der Waals surface area contributed by atoms with Crippen molar-refractivity contribution in [1.29, 1.82) is 0 Å². The Hall–Kier alpha value is -3.29. The van der Waals surface area contributed by atoms with Crippen LogP contribution >= 0.6 is 0 Å². The Bertz CT molecular complexity index is 845. The monoisotopic (exact) mass is 299 g/mol. The zero-order chi connectivity index (χ0) is 15.7. The number of hydrogen-bond acceptors (Lipinski definition) is 5. The van der Waals surface area contributed by atoms with E-state index in [0.717, 1.165) is 17.8 Å². The van der Waals surface area contributed by atoms with Crippen LogP contribution in [-0.4, -0.2) is 19.9 Å². The number of nitrogen functional groups attached to an aromatic ring is 1. The predicted octanol–water partition coefficient (Wildman–Crippen LogP) is 2.56. The Labute approximate surface area is 123 Å². The second kappa shape index (κ2) is 5.24. The van der Waals surface area contributed by atoms with Crippen LogP contribution in [0.2, 0.25) is 0 Å². The van der Waals surface area contributed by atoms with Gasteiger partial charge in [0.2, 0.25) is 5.82 Å². The fourth-order valence-electron chi connectivity index (χ4n) is 1.96. The van der Waals surface area contributed by atoms with E-state index in [9.17, 15) is 14.5 Å². The van der Waals surface area contributed by atoms with E-state index in [-0.39, 0.29) is 0 Å². The van der Waals surface area contributed by atoms with Crippen LogP contribution in [0.4, 0.5) is 15.8 Å². The molecule has 1 heterocycles. The van der Waals surface area contributed by atoms with E-state index in [4.69, 9.17) is 5.73 Å². The fourth-order valence-corrected chi connectivity index (χ4v) is 1.96. The molecule has 2 aromatic carbocycles. The molecule has 0 spiro atoms. The highest BCUT2D eigenvalue weighted by Crippen LogP contribution is 2.25. The molecule has 2 N–H and O–H groups in total. The highest BCUT2D eigenvalue weighted by molar-refractivity contribution is 5.62. The summed E-state index contributed by atoms with van der Waals surface area (Å²) in [6, 6.07) is 10.6. The van der Waals surface area contributed by atoms with Gasteiger partial charge in [-0.2, -0.15) is 4.39 Å². The third-order valence-electron chi connectivity index (χ3n) is 3.09. The molecule has 0 bridgehead atoms. The van der Waals surface area contributed by atoms with Gasteiger partial charge in [-0.3, -0.25) is 10.1 Å². The first kappa shape index (κ1) is 13.7. The number of benzene rings is 2. The first-order valence-corrected chi connectivity index (χ1v) is 6.27. The molecule has 0 fully saturated rings. The van der Waals surface area contributed by atoms with E-state index < -0.39 is 16.4 Å². The van der Waals surface area contributed by atoms with Gasteiger partial charge in [-0.25, -0.2) is 4.68 Å². The minimum absolute atomic E-state index is 0.403. The topological polar surface area (TPSA) is 99.9 Å². The number of hydrogen-bond donors (Lipinski definition) is 1. The van der Waals surface area contributed by atoms with Crippen molar-refractivity contribution in [3.05, 3.63) is 64.6 Å². The molecule has 0 aliphatic heterocycles. The predicted molar refractivity (Wildman–Crippen MR) is 77.8 cm³/mol. The largest absolute Gasteiger partial charge is 0.399 e. The van der Waals surface area contributed by atoms with Crippen LogP contribution in [-0.2, 0) is 0 Å². The molecule has 0 aliphatic rings. The van der Waals surface area contributed by atoms with E-state index in [1.54, 1.807) is 30.5 Å². The Kier molecular flexibility index (Phi) is 3.26. The lowest BCUT2D eigenvalue weighted by molar-refractivity contribution is -0.387. The van der Waals surface area contributed by atoms with E-state index in [1.807, 2.05) is 0 Å². The summed E-state index contributed by atoms with van der Waals surface area (Å²) >= 11 is 0. The summed E-state index contributed by atoms with van der Waals surface area (Å²) in [5, 5.41) is 18.7. The van der Waals surface area contributed by atoms with E-state index in [1.165, 1.54) is 10.7 Å². The average molecular weight is 299 g/mol. The number of rotatable bonds is 3. The van der Waals surface area contributed by atoms with Crippen molar-refractivity contribution in [1.82, 2.24) is 15.0 Å². The number of halogens is 1. The quantitative estimate of drug-likeness (QED) is 0.455. The van der Waals surface area contributed by atoms with Gasteiger partial charge >= 0.3 is 5.69 Å². The molecule has 1 aromatic heterocycles. The second-order valence-electron chi connectivity index (χ2n) is 4.56. The zero-order valence-corrected chi connectivity index (χ0v) is 11.2. The van der Waals surface area contributed by atoms with Crippen molar-refractivity contribution in [3.8, 4) is 16.9 Å². The van der Waals surface area contributed by atoms with Gasteiger partial charge in [0.1, 0.15) is 5.69 Å². The third kappa shape index (κ3) is 2.49. The van der Waals surface area contributed by atoms with Crippen molar-refractivity contribution in [2.24, 2.45) is 0 Å². The van der Waals surface area contributed by atoms with Crippen LogP contribution in [0.15, 0.2) is 48.7 Å². The van der Waals surface area contributed by atoms with E-state index in [0.29, 0.717) is 16.9 Å². The van der Waals surface area contributed by atoms with Crippen LogP contribution in [0, 0.1) is 15.9 Å². The Morgan fingerprint density at radius 2 is 1.91 bits per heavy atom. The van der Waals surface area contributed by atoms with Crippen molar-refractivity contribution in [2.75, 3.05) is 5.73 Å². The summed E-state index contributed by atoms with van der Waals surface area (Å²) in [4.78, 5) is 10.0. The van der Waals surface area contributed by atoms with Crippen molar-refractivity contribution >= 4 is 11.4 Å². The van der Waals surface area contributed by atoms with E-state index in [2.05, 4.69) is 10.3 Å².